The summed E-state index contributed by atoms with van der Waals surface area (Å²) in [6.07, 6.45) is 0.241. The Kier molecular flexibility index (Phi) is 8.29. The van der Waals surface area contributed by atoms with E-state index in [0.717, 1.165) is 0 Å². The number of primary amides is 1. The molecule has 2 rings (SSSR count). The minimum Gasteiger partial charge on any atom is -0.369 e. The molecule has 9 heteroatoms. The van der Waals surface area contributed by atoms with Gasteiger partial charge in [0.2, 0.25) is 15.9 Å². The molecule has 0 aliphatic carbocycles. The fourth-order valence-corrected chi connectivity index (χ4v) is 4.69. The van der Waals surface area contributed by atoms with Gasteiger partial charge < -0.3 is 11.1 Å². The largest absolute Gasteiger partial charge is 0.369 e. The molecular formula is C22H28FN3O4S. The van der Waals surface area contributed by atoms with E-state index < -0.39 is 27.8 Å². The van der Waals surface area contributed by atoms with Crippen molar-refractivity contribution in [3.05, 3.63) is 65.0 Å². The Bertz CT molecular complexity index is 1040. The average Bonchev–Trinajstić information content (AvgIpc) is 2.72. The van der Waals surface area contributed by atoms with Crippen LogP contribution in [0.2, 0.25) is 0 Å². The van der Waals surface area contributed by atoms with Crippen LogP contribution in [0.3, 0.4) is 0 Å². The fourth-order valence-electron chi connectivity index (χ4n) is 3.21. The van der Waals surface area contributed by atoms with Gasteiger partial charge in [0.1, 0.15) is 5.82 Å². The lowest BCUT2D eigenvalue weighted by Gasteiger charge is -2.19. The molecule has 0 saturated carbocycles. The van der Waals surface area contributed by atoms with E-state index in [4.69, 9.17) is 5.73 Å². The summed E-state index contributed by atoms with van der Waals surface area (Å²) in [5, 5.41) is 2.67. The number of rotatable bonds is 10. The Morgan fingerprint density at radius 3 is 2.26 bits per heavy atom. The van der Waals surface area contributed by atoms with Crippen LogP contribution in [0.5, 0.6) is 0 Å². The van der Waals surface area contributed by atoms with Crippen LogP contribution in [0.15, 0.2) is 47.4 Å². The lowest BCUT2D eigenvalue weighted by molar-refractivity contribution is -0.121. The molecule has 7 nitrogen and oxygen atoms in total. The maximum absolute atomic E-state index is 13.1. The van der Waals surface area contributed by atoms with Crippen molar-refractivity contribution in [1.29, 1.82) is 0 Å². The molecule has 3 N–H and O–H groups in total. The maximum Gasteiger partial charge on any atom is 0.251 e. The van der Waals surface area contributed by atoms with Crippen molar-refractivity contribution >= 4 is 21.8 Å². The quantitative estimate of drug-likeness (QED) is 0.580. The van der Waals surface area contributed by atoms with Gasteiger partial charge in [-0.25, -0.2) is 12.8 Å². The van der Waals surface area contributed by atoms with Crippen LogP contribution >= 0.6 is 0 Å². The van der Waals surface area contributed by atoms with Gasteiger partial charge in [0, 0.05) is 25.2 Å². The highest BCUT2D eigenvalue weighted by atomic mass is 32.2. The summed E-state index contributed by atoms with van der Waals surface area (Å²) in [4.78, 5) is 24.6. The zero-order valence-electron chi connectivity index (χ0n) is 17.9. The van der Waals surface area contributed by atoms with E-state index in [-0.39, 0.29) is 29.2 Å². The smallest absolute Gasteiger partial charge is 0.251 e. The summed E-state index contributed by atoms with van der Waals surface area (Å²) in [6.45, 7) is 5.79. The first-order valence-electron chi connectivity index (χ1n) is 10.0. The average molecular weight is 450 g/mol. The van der Waals surface area contributed by atoms with E-state index in [0.29, 0.717) is 24.2 Å². The van der Waals surface area contributed by atoms with Crippen LogP contribution in [-0.4, -0.2) is 44.2 Å². The SMILES string of the molecule is CCN(CC)S(=O)(=O)c1ccc(C)c(C(=O)NCC(Cc2ccc(F)cc2)C(N)=O)c1. The fraction of sp³-hybridized carbons (Fsp3) is 0.364. The van der Waals surface area contributed by atoms with E-state index in [1.807, 2.05) is 0 Å². The molecule has 2 amide bonds. The number of benzene rings is 2. The van der Waals surface area contributed by atoms with Gasteiger partial charge in [-0.3, -0.25) is 9.59 Å². The van der Waals surface area contributed by atoms with Crippen LogP contribution < -0.4 is 11.1 Å². The Morgan fingerprint density at radius 2 is 1.71 bits per heavy atom. The number of nitrogens with one attached hydrogen (secondary N) is 1. The van der Waals surface area contributed by atoms with E-state index in [1.165, 1.54) is 28.6 Å². The van der Waals surface area contributed by atoms with Gasteiger partial charge in [0.05, 0.1) is 10.8 Å². The molecule has 1 atom stereocenters. The Hall–Kier alpha value is -2.78. The normalized spacial score (nSPS) is 12.5. The summed E-state index contributed by atoms with van der Waals surface area (Å²) in [6, 6.07) is 10.1. The number of hydrogen-bond donors (Lipinski definition) is 2. The Labute approximate surface area is 182 Å². The van der Waals surface area contributed by atoms with Crippen molar-refractivity contribution in [2.75, 3.05) is 19.6 Å². The van der Waals surface area contributed by atoms with E-state index in [9.17, 15) is 22.4 Å². The number of aryl methyl sites for hydroxylation is 1. The van der Waals surface area contributed by atoms with Gasteiger partial charge in [0.15, 0.2) is 0 Å². The second kappa shape index (κ2) is 10.5. The van der Waals surface area contributed by atoms with Gasteiger partial charge in [-0.05, 0) is 48.7 Å². The second-order valence-electron chi connectivity index (χ2n) is 7.21. The summed E-state index contributed by atoms with van der Waals surface area (Å²) in [5.41, 5.74) is 6.98. The van der Waals surface area contributed by atoms with Crippen molar-refractivity contribution in [2.45, 2.75) is 32.1 Å². The molecule has 0 saturated heterocycles. The number of nitrogens with zero attached hydrogens (tertiary/aromatic N) is 1. The molecule has 0 heterocycles. The number of sulfonamides is 1. The first kappa shape index (κ1) is 24.5. The summed E-state index contributed by atoms with van der Waals surface area (Å²) < 4.78 is 39.9. The molecule has 1 unspecified atom stereocenters. The number of amides is 2. The molecule has 0 spiro atoms. The maximum atomic E-state index is 13.1. The van der Waals surface area contributed by atoms with Gasteiger partial charge in [0.25, 0.3) is 5.91 Å². The number of nitrogens with two attached hydrogens (primary N) is 1. The Morgan fingerprint density at radius 1 is 1.10 bits per heavy atom. The predicted octanol–water partition coefficient (Wildman–Crippen LogP) is 2.24. The molecular weight excluding hydrogens is 421 g/mol. The topological polar surface area (TPSA) is 110 Å². The molecule has 168 valence electrons. The number of hydrogen-bond acceptors (Lipinski definition) is 4. The second-order valence-corrected chi connectivity index (χ2v) is 9.14. The van der Waals surface area contributed by atoms with Crippen molar-refractivity contribution in [2.24, 2.45) is 11.7 Å². The molecule has 0 aliphatic rings. The third kappa shape index (κ3) is 6.11. The predicted molar refractivity (Wildman–Crippen MR) is 116 cm³/mol. The first-order valence-corrected chi connectivity index (χ1v) is 11.5. The van der Waals surface area contributed by atoms with Crippen molar-refractivity contribution in [3.63, 3.8) is 0 Å². The third-order valence-electron chi connectivity index (χ3n) is 5.10. The molecule has 31 heavy (non-hydrogen) atoms. The zero-order valence-corrected chi connectivity index (χ0v) is 18.7. The van der Waals surface area contributed by atoms with E-state index in [1.54, 1.807) is 39.0 Å². The van der Waals surface area contributed by atoms with Crippen molar-refractivity contribution in [1.82, 2.24) is 9.62 Å². The lowest BCUT2D eigenvalue weighted by atomic mass is 9.98. The molecule has 0 bridgehead atoms. The van der Waals surface area contributed by atoms with Gasteiger partial charge in [-0.15, -0.1) is 0 Å². The van der Waals surface area contributed by atoms with Crippen LogP contribution in [0.1, 0.15) is 35.3 Å². The minimum absolute atomic E-state index is 0.0298. The standard InChI is InChI=1S/C22H28FN3O4S/c1-4-26(5-2)31(29,30)19-11-6-15(3)20(13-19)22(28)25-14-17(21(24)27)12-16-7-9-18(23)10-8-16/h6-11,13,17H,4-5,12,14H2,1-3H3,(H2,24,27)(H,25,28). The van der Waals surface area contributed by atoms with Crippen molar-refractivity contribution < 1.29 is 22.4 Å². The van der Waals surface area contributed by atoms with Crippen LogP contribution in [-0.2, 0) is 21.2 Å². The highest BCUT2D eigenvalue weighted by molar-refractivity contribution is 7.89. The Balaban J connectivity index is 2.18. The minimum atomic E-state index is -3.71. The van der Waals surface area contributed by atoms with Crippen LogP contribution in [0.25, 0.3) is 0 Å². The van der Waals surface area contributed by atoms with Gasteiger partial charge in [-0.2, -0.15) is 4.31 Å². The molecule has 0 radical (unpaired) electrons. The van der Waals surface area contributed by atoms with Crippen molar-refractivity contribution in [3.8, 4) is 0 Å². The van der Waals surface area contributed by atoms with Crippen LogP contribution in [0.4, 0.5) is 4.39 Å². The number of carbonyl (C=O) groups excluding carboxylic acids is 2. The first-order chi connectivity index (χ1) is 14.6. The van der Waals surface area contributed by atoms with E-state index in [2.05, 4.69) is 5.32 Å². The summed E-state index contributed by atoms with van der Waals surface area (Å²) >= 11 is 0. The third-order valence-corrected chi connectivity index (χ3v) is 7.15. The van der Waals surface area contributed by atoms with E-state index >= 15 is 0 Å². The van der Waals surface area contributed by atoms with Crippen LogP contribution in [0, 0.1) is 18.7 Å². The van der Waals surface area contributed by atoms with Gasteiger partial charge in [-0.1, -0.05) is 32.0 Å². The molecule has 0 aromatic heterocycles. The highest BCUT2D eigenvalue weighted by Gasteiger charge is 2.24. The molecule has 2 aromatic carbocycles. The van der Waals surface area contributed by atoms with Gasteiger partial charge >= 0.3 is 0 Å². The zero-order chi connectivity index (χ0) is 23.2. The lowest BCUT2D eigenvalue weighted by Crippen LogP contribution is -2.37. The number of carbonyl (C=O) groups is 2. The molecule has 0 aliphatic heterocycles. The number of halogens is 1. The molecule has 2 aromatic rings. The summed E-state index contributed by atoms with van der Waals surface area (Å²) in [5.74, 6) is -2.18. The molecule has 0 fully saturated rings. The monoisotopic (exact) mass is 449 g/mol. The highest BCUT2D eigenvalue weighted by Crippen LogP contribution is 2.20. The summed E-state index contributed by atoms with van der Waals surface area (Å²) in [7, 11) is -3.71.